The van der Waals surface area contributed by atoms with Gasteiger partial charge >= 0.3 is 71.5 Å². The minimum atomic E-state index is -9.26. The average Bonchev–Trinajstić information content (AvgIpc) is 2.85. The molecule has 45 heavy (non-hydrogen) atoms. The number of carbonyl (C=O) groups excluding carboxylic acids is 2. The smallest absolute Gasteiger partial charge is 0.460 e. The second kappa shape index (κ2) is 12.3. The maximum Gasteiger partial charge on any atom is 0.460 e. The highest BCUT2D eigenvalue weighted by molar-refractivity contribution is 5.81. The zero-order valence-electron chi connectivity index (χ0n) is 21.1. The van der Waals surface area contributed by atoms with Gasteiger partial charge in [-0.25, -0.2) is 9.59 Å². The number of hydrogen-bond acceptors (Lipinski definition) is 4. The normalized spacial score (nSPS) is 15.8. The van der Waals surface area contributed by atoms with Crippen molar-refractivity contribution < 1.29 is 111 Å². The predicted octanol–water partition coefficient (Wildman–Crippen LogP) is 7.50. The van der Waals surface area contributed by atoms with Crippen molar-refractivity contribution in [3.63, 3.8) is 0 Å². The Labute approximate surface area is 234 Å². The molecule has 1 N–H and O–H groups in total. The number of amides is 1. The molecule has 0 aliphatic rings. The first-order valence-corrected chi connectivity index (χ1v) is 10.7. The Balaban J connectivity index is 6.30. The van der Waals surface area contributed by atoms with E-state index in [4.69, 9.17) is 0 Å². The summed E-state index contributed by atoms with van der Waals surface area (Å²) in [7, 11) is 0. The van der Waals surface area contributed by atoms with E-state index in [9.17, 15) is 102 Å². The van der Waals surface area contributed by atoms with Crippen molar-refractivity contribution in [1.82, 2.24) is 5.32 Å². The molecule has 5 nitrogen and oxygen atoms in total. The molecule has 1 atom stereocenters. The second-order valence-electron chi connectivity index (χ2n) is 8.56. The molecular formula is C19H14F21NO4. The molecule has 0 rings (SSSR count). The molecule has 0 saturated heterocycles. The van der Waals surface area contributed by atoms with Gasteiger partial charge in [-0.2, -0.15) is 92.2 Å². The first-order chi connectivity index (χ1) is 19.5. The summed E-state index contributed by atoms with van der Waals surface area (Å²) in [5, 5.41) is 1.61. The van der Waals surface area contributed by atoms with E-state index in [1.165, 1.54) is 0 Å². The summed E-state index contributed by atoms with van der Waals surface area (Å²) in [4.78, 5) is 22.2. The fourth-order valence-corrected chi connectivity index (χ4v) is 2.57. The lowest BCUT2D eigenvalue weighted by Gasteiger charge is -2.44. The molecule has 0 bridgehead atoms. The fraction of sp³-hybridized carbons (Fsp3) is 0.789. The summed E-state index contributed by atoms with van der Waals surface area (Å²) in [6.45, 7) is 0.974. The summed E-state index contributed by atoms with van der Waals surface area (Å²) >= 11 is 0. The van der Waals surface area contributed by atoms with Crippen LogP contribution in [-0.4, -0.2) is 90.8 Å². The van der Waals surface area contributed by atoms with Gasteiger partial charge in [-0.1, -0.05) is 6.58 Å². The van der Waals surface area contributed by atoms with Crippen LogP contribution in [0.3, 0.4) is 0 Å². The average molecular weight is 719 g/mol. The van der Waals surface area contributed by atoms with Crippen LogP contribution < -0.4 is 5.32 Å². The standard InChI is InChI=1S/C19H14F21NO4/c1-3-8(42)45-6-7(2)41-9(43)44-5-4-10(20,21)11(22,23)12(24,25)13(26,27)14(28,29)15(30,31)16(32,33)17(34,35)18(36,37)19(38,39)40/h3,7H,1,4-6H2,2H3,(H,41,43). The van der Waals surface area contributed by atoms with Gasteiger partial charge < -0.3 is 14.8 Å². The van der Waals surface area contributed by atoms with Gasteiger partial charge in [0, 0.05) is 6.08 Å². The highest BCUT2D eigenvalue weighted by Crippen LogP contribution is 2.66. The topological polar surface area (TPSA) is 64.6 Å². The largest absolute Gasteiger partial charge is 0.460 e. The van der Waals surface area contributed by atoms with Crippen LogP contribution in [0, 0.1) is 0 Å². The third-order valence-electron chi connectivity index (χ3n) is 5.23. The highest BCUT2D eigenvalue weighted by atomic mass is 19.4. The van der Waals surface area contributed by atoms with Crippen LogP contribution in [0.2, 0.25) is 0 Å². The van der Waals surface area contributed by atoms with Gasteiger partial charge in [0.2, 0.25) is 0 Å². The van der Waals surface area contributed by atoms with Crippen LogP contribution in [0.1, 0.15) is 13.3 Å². The van der Waals surface area contributed by atoms with Crippen molar-refractivity contribution in [3.8, 4) is 0 Å². The number of esters is 1. The fourth-order valence-electron chi connectivity index (χ4n) is 2.57. The number of rotatable bonds is 15. The number of hydrogen-bond donors (Lipinski definition) is 1. The lowest BCUT2D eigenvalue weighted by Crippen LogP contribution is -2.76. The SMILES string of the molecule is C=CC(=O)OCC(C)NC(=O)OCCC(F)(F)C(F)(F)C(F)(F)C(F)(F)C(F)(F)C(F)(F)C(F)(F)C(F)(F)C(F)(F)C(F)(F)F. The van der Waals surface area contributed by atoms with Gasteiger partial charge in [0.1, 0.15) is 6.61 Å². The minimum Gasteiger partial charge on any atom is -0.460 e. The molecule has 0 heterocycles. The molecule has 1 unspecified atom stereocenters. The van der Waals surface area contributed by atoms with Crippen molar-refractivity contribution in [2.24, 2.45) is 0 Å². The predicted molar refractivity (Wildman–Crippen MR) is 100 cm³/mol. The van der Waals surface area contributed by atoms with Crippen molar-refractivity contribution >= 4 is 12.1 Å². The molecule has 0 aromatic carbocycles. The van der Waals surface area contributed by atoms with E-state index < -0.39 is 97.2 Å². The van der Waals surface area contributed by atoms with E-state index >= 15 is 0 Å². The Hall–Kier alpha value is -2.99. The summed E-state index contributed by atoms with van der Waals surface area (Å²) in [6, 6.07) is -1.29. The summed E-state index contributed by atoms with van der Waals surface area (Å²) < 4.78 is 288. The molecule has 0 radical (unpaired) electrons. The molecule has 0 aromatic heterocycles. The number of alkyl halides is 21. The van der Waals surface area contributed by atoms with E-state index in [1.54, 1.807) is 5.32 Å². The number of halogens is 21. The lowest BCUT2D eigenvalue weighted by molar-refractivity contribution is -0.474. The van der Waals surface area contributed by atoms with Crippen molar-refractivity contribution in [2.75, 3.05) is 13.2 Å². The number of alkyl carbamates (subject to hydrolysis) is 1. The third kappa shape index (κ3) is 6.77. The second-order valence-corrected chi connectivity index (χ2v) is 8.56. The van der Waals surface area contributed by atoms with E-state index in [1.807, 2.05) is 0 Å². The van der Waals surface area contributed by atoms with Crippen LogP contribution in [0.4, 0.5) is 97.0 Å². The monoisotopic (exact) mass is 719 g/mol. The van der Waals surface area contributed by atoms with Gasteiger partial charge in [0.25, 0.3) is 0 Å². The Kier molecular flexibility index (Phi) is 11.5. The quantitative estimate of drug-likeness (QED) is 0.108. The molecule has 266 valence electrons. The minimum absolute atomic E-state index is 0.608. The third-order valence-corrected chi connectivity index (χ3v) is 5.23. The zero-order valence-corrected chi connectivity index (χ0v) is 21.1. The van der Waals surface area contributed by atoms with Gasteiger partial charge in [0.15, 0.2) is 0 Å². The molecule has 0 aliphatic carbocycles. The van der Waals surface area contributed by atoms with E-state index in [0.717, 1.165) is 6.92 Å². The molecule has 1 amide bonds. The first-order valence-electron chi connectivity index (χ1n) is 10.7. The highest BCUT2D eigenvalue weighted by Gasteiger charge is 2.97. The van der Waals surface area contributed by atoms with E-state index in [-0.39, 0.29) is 0 Å². The van der Waals surface area contributed by atoms with Crippen LogP contribution in [0.5, 0.6) is 0 Å². The van der Waals surface area contributed by atoms with Gasteiger partial charge in [-0.15, -0.1) is 0 Å². The maximum absolute atomic E-state index is 13.8. The van der Waals surface area contributed by atoms with Crippen LogP contribution in [0.15, 0.2) is 12.7 Å². The zero-order chi connectivity index (χ0) is 36.7. The number of nitrogens with one attached hydrogen (secondary N) is 1. The Morgan fingerprint density at radius 3 is 1.27 bits per heavy atom. The van der Waals surface area contributed by atoms with Gasteiger partial charge in [-0.05, 0) is 6.92 Å². The van der Waals surface area contributed by atoms with E-state index in [2.05, 4.69) is 16.1 Å². The summed E-state index contributed by atoms with van der Waals surface area (Å²) in [6.07, 6.45) is -12.5. The maximum atomic E-state index is 13.8. The number of carbonyl (C=O) groups is 2. The van der Waals surface area contributed by atoms with Crippen molar-refractivity contribution in [2.45, 2.75) is 78.9 Å². The molecule has 0 fully saturated rings. The van der Waals surface area contributed by atoms with Crippen LogP contribution in [0.25, 0.3) is 0 Å². The lowest BCUT2D eigenvalue weighted by atomic mass is 9.86. The van der Waals surface area contributed by atoms with Crippen LogP contribution >= 0.6 is 0 Å². The van der Waals surface area contributed by atoms with Crippen LogP contribution in [-0.2, 0) is 14.3 Å². The molecule has 0 aliphatic heterocycles. The summed E-state index contributed by atoms with van der Waals surface area (Å²) in [5.74, 6) is -79.0. The van der Waals surface area contributed by atoms with Gasteiger partial charge in [-0.3, -0.25) is 0 Å². The van der Waals surface area contributed by atoms with E-state index in [0.29, 0.717) is 6.08 Å². The van der Waals surface area contributed by atoms with Crippen molar-refractivity contribution in [1.29, 1.82) is 0 Å². The molecular weight excluding hydrogens is 705 g/mol. The summed E-state index contributed by atoms with van der Waals surface area (Å²) in [5.41, 5.74) is 0. The molecule has 0 saturated carbocycles. The Morgan fingerprint density at radius 2 is 0.933 bits per heavy atom. The molecule has 0 aromatic rings. The molecule has 26 heteroatoms. The molecule has 0 spiro atoms. The van der Waals surface area contributed by atoms with Crippen molar-refractivity contribution in [3.05, 3.63) is 12.7 Å². The Morgan fingerprint density at radius 1 is 0.600 bits per heavy atom. The first kappa shape index (κ1) is 42.0. The van der Waals surface area contributed by atoms with Gasteiger partial charge in [0.05, 0.1) is 19.1 Å². The number of ether oxygens (including phenoxy) is 2. The Bertz CT molecular complexity index is 1080.